The van der Waals surface area contributed by atoms with Crippen molar-refractivity contribution in [2.75, 3.05) is 21.3 Å². The van der Waals surface area contributed by atoms with E-state index in [1.807, 2.05) is 22.7 Å². The summed E-state index contributed by atoms with van der Waals surface area (Å²) in [5, 5.41) is 5.51. The molecule has 5 rings (SSSR count). The van der Waals surface area contributed by atoms with E-state index in [0.717, 1.165) is 32.9 Å². The van der Waals surface area contributed by atoms with E-state index >= 15 is 0 Å². The van der Waals surface area contributed by atoms with Gasteiger partial charge in [-0.15, -0.1) is 5.10 Å². The molecular weight excluding hydrogens is 374 g/mol. The Morgan fingerprint density at radius 1 is 1.04 bits per heavy atom. The summed E-state index contributed by atoms with van der Waals surface area (Å²) in [6.07, 6.45) is 5.10. The molecule has 0 saturated heterocycles. The van der Waals surface area contributed by atoms with E-state index in [2.05, 4.69) is 25.2 Å². The van der Waals surface area contributed by atoms with Crippen LogP contribution in [0.2, 0.25) is 5.02 Å². The van der Waals surface area contributed by atoms with E-state index in [0.29, 0.717) is 17.1 Å². The molecule has 6 heteroatoms. The Hall–Kier alpha value is -2.24. The van der Waals surface area contributed by atoms with Crippen LogP contribution in [-0.4, -0.2) is 43.0 Å². The minimum atomic E-state index is 0.643. The summed E-state index contributed by atoms with van der Waals surface area (Å²) < 4.78 is 14.0. The van der Waals surface area contributed by atoms with Gasteiger partial charge in [0.2, 0.25) is 5.69 Å². The number of rotatable bonds is 6. The SMILES string of the molecule is COc1ccc(-c2cccc3c([N+](C)(C4CC4)C4CC4)c(OC)nn23)c(Cl)c1. The average molecular weight is 399 g/mol. The Kier molecular flexibility index (Phi) is 4.07. The maximum absolute atomic E-state index is 6.58. The molecule has 0 radical (unpaired) electrons. The van der Waals surface area contributed by atoms with Crippen molar-refractivity contribution in [2.45, 2.75) is 37.8 Å². The van der Waals surface area contributed by atoms with Crippen molar-refractivity contribution < 1.29 is 9.47 Å². The molecule has 0 unspecified atom stereocenters. The van der Waals surface area contributed by atoms with Gasteiger partial charge in [-0.25, -0.2) is 4.52 Å². The van der Waals surface area contributed by atoms with Gasteiger partial charge in [0, 0.05) is 31.2 Å². The molecule has 2 heterocycles. The first-order valence-electron chi connectivity index (χ1n) is 9.84. The van der Waals surface area contributed by atoms with Crippen LogP contribution in [0.25, 0.3) is 16.8 Å². The van der Waals surface area contributed by atoms with E-state index in [1.165, 1.54) is 31.4 Å². The average Bonchev–Trinajstić information content (AvgIpc) is 3.61. The molecule has 28 heavy (non-hydrogen) atoms. The number of halogens is 1. The van der Waals surface area contributed by atoms with Crippen LogP contribution in [0.5, 0.6) is 11.6 Å². The van der Waals surface area contributed by atoms with Crippen molar-refractivity contribution in [3.63, 3.8) is 0 Å². The Morgan fingerprint density at radius 3 is 2.32 bits per heavy atom. The fourth-order valence-corrected chi connectivity index (χ4v) is 4.81. The lowest BCUT2D eigenvalue weighted by atomic mass is 10.1. The molecule has 2 saturated carbocycles. The number of hydrogen-bond acceptors (Lipinski definition) is 3. The number of ether oxygens (including phenoxy) is 2. The summed E-state index contributed by atoms with van der Waals surface area (Å²) in [5.41, 5.74) is 4.19. The Morgan fingerprint density at radius 2 is 1.75 bits per heavy atom. The zero-order valence-electron chi connectivity index (χ0n) is 16.5. The zero-order chi connectivity index (χ0) is 19.5. The topological polar surface area (TPSA) is 35.8 Å². The minimum absolute atomic E-state index is 0.643. The summed E-state index contributed by atoms with van der Waals surface area (Å²) in [6.45, 7) is 0. The van der Waals surface area contributed by atoms with Gasteiger partial charge in [0.1, 0.15) is 11.3 Å². The van der Waals surface area contributed by atoms with Crippen molar-refractivity contribution in [1.82, 2.24) is 14.1 Å². The molecule has 5 nitrogen and oxygen atoms in total. The lowest BCUT2D eigenvalue weighted by Gasteiger charge is -2.34. The number of pyridine rings is 1. The molecule has 0 N–H and O–H groups in total. The van der Waals surface area contributed by atoms with E-state index in [-0.39, 0.29) is 0 Å². The maximum Gasteiger partial charge on any atom is 0.296 e. The molecule has 3 aromatic rings. The molecule has 2 aliphatic carbocycles. The molecule has 2 aliphatic rings. The third-order valence-electron chi connectivity index (χ3n) is 6.34. The largest absolute Gasteiger partial charge is 0.497 e. The van der Waals surface area contributed by atoms with Gasteiger partial charge < -0.3 is 9.47 Å². The zero-order valence-corrected chi connectivity index (χ0v) is 17.2. The van der Waals surface area contributed by atoms with E-state index < -0.39 is 0 Å². The molecule has 1 aromatic carbocycles. The van der Waals surface area contributed by atoms with Crippen molar-refractivity contribution in [2.24, 2.45) is 0 Å². The van der Waals surface area contributed by atoms with Crippen molar-refractivity contribution in [3.8, 4) is 22.9 Å². The third kappa shape index (κ3) is 2.60. The summed E-state index contributed by atoms with van der Waals surface area (Å²) >= 11 is 6.58. The Bertz CT molecular complexity index is 1040. The number of benzene rings is 1. The van der Waals surface area contributed by atoms with E-state index in [4.69, 9.17) is 26.2 Å². The monoisotopic (exact) mass is 398 g/mol. The van der Waals surface area contributed by atoms with Crippen LogP contribution in [0.15, 0.2) is 36.4 Å². The Labute approximate surface area is 170 Å². The third-order valence-corrected chi connectivity index (χ3v) is 6.65. The van der Waals surface area contributed by atoms with Gasteiger partial charge >= 0.3 is 0 Å². The van der Waals surface area contributed by atoms with Gasteiger partial charge in [0.05, 0.1) is 44.1 Å². The first-order chi connectivity index (χ1) is 13.6. The van der Waals surface area contributed by atoms with Gasteiger partial charge in [-0.3, -0.25) is 4.48 Å². The van der Waals surface area contributed by atoms with Gasteiger partial charge in [-0.05, 0) is 30.3 Å². The van der Waals surface area contributed by atoms with Crippen LogP contribution in [0.3, 0.4) is 0 Å². The minimum Gasteiger partial charge on any atom is -0.497 e. The van der Waals surface area contributed by atoms with Crippen LogP contribution in [0.4, 0.5) is 5.69 Å². The highest BCUT2D eigenvalue weighted by molar-refractivity contribution is 6.33. The van der Waals surface area contributed by atoms with E-state index in [1.54, 1.807) is 14.2 Å². The summed E-state index contributed by atoms with van der Waals surface area (Å²) in [4.78, 5) is 0. The molecule has 0 aliphatic heterocycles. The van der Waals surface area contributed by atoms with Gasteiger partial charge in [-0.2, -0.15) is 0 Å². The summed E-state index contributed by atoms with van der Waals surface area (Å²) in [7, 11) is 5.72. The molecular formula is C22H25ClN3O2+. The number of aromatic nitrogens is 2. The normalized spacial score (nSPS) is 17.1. The van der Waals surface area contributed by atoms with Gasteiger partial charge in [-0.1, -0.05) is 17.7 Å². The number of hydrogen-bond donors (Lipinski definition) is 0. The molecule has 0 amide bonds. The predicted molar refractivity (Wildman–Crippen MR) is 113 cm³/mol. The second kappa shape index (κ2) is 6.39. The molecule has 2 aromatic heterocycles. The fraction of sp³-hybridized carbons (Fsp3) is 0.409. The molecule has 146 valence electrons. The first-order valence-corrected chi connectivity index (χ1v) is 10.2. The molecule has 0 spiro atoms. The molecule has 2 fully saturated rings. The van der Waals surface area contributed by atoms with Crippen LogP contribution in [-0.2, 0) is 0 Å². The van der Waals surface area contributed by atoms with Crippen molar-refractivity contribution >= 4 is 22.8 Å². The number of methoxy groups -OCH3 is 2. The standard InChI is InChI=1S/C22H25ClN3O2/c1-26(14-7-8-14,15-9-10-15)21-20-6-4-5-19(25(20)24-22(21)28-3)17-12-11-16(27-2)13-18(17)23/h4-6,11-15H,7-10H2,1-3H3/q+1. The van der Waals surface area contributed by atoms with E-state index in [9.17, 15) is 0 Å². The van der Waals surface area contributed by atoms with Gasteiger partial charge in [0.15, 0.2) is 0 Å². The molecule has 0 bridgehead atoms. The first kappa shape index (κ1) is 17.8. The highest BCUT2D eigenvalue weighted by Gasteiger charge is 2.55. The number of quaternary nitrogens is 1. The van der Waals surface area contributed by atoms with Crippen LogP contribution in [0, 0.1) is 0 Å². The van der Waals surface area contributed by atoms with Crippen LogP contribution in [0.1, 0.15) is 25.7 Å². The highest BCUT2D eigenvalue weighted by Crippen LogP contribution is 2.51. The second-order valence-corrected chi connectivity index (χ2v) is 8.43. The summed E-state index contributed by atoms with van der Waals surface area (Å²) in [5.74, 6) is 1.46. The van der Waals surface area contributed by atoms with Crippen LogP contribution >= 0.6 is 11.6 Å². The fourth-order valence-electron chi connectivity index (χ4n) is 4.55. The van der Waals surface area contributed by atoms with Crippen LogP contribution < -0.4 is 14.0 Å². The highest BCUT2D eigenvalue weighted by atomic mass is 35.5. The second-order valence-electron chi connectivity index (χ2n) is 8.02. The quantitative estimate of drug-likeness (QED) is 0.552. The lowest BCUT2D eigenvalue weighted by molar-refractivity contribution is 0.294. The summed E-state index contributed by atoms with van der Waals surface area (Å²) in [6, 6.07) is 13.4. The smallest absolute Gasteiger partial charge is 0.296 e. The maximum atomic E-state index is 6.58. The predicted octanol–water partition coefficient (Wildman–Crippen LogP) is 4.93. The number of fused-ring (bicyclic) bond motifs is 1. The van der Waals surface area contributed by atoms with Crippen molar-refractivity contribution in [1.29, 1.82) is 0 Å². The number of nitrogens with zero attached hydrogens (tertiary/aromatic N) is 3. The molecule has 0 atom stereocenters. The van der Waals surface area contributed by atoms with Gasteiger partial charge in [0.25, 0.3) is 5.88 Å². The van der Waals surface area contributed by atoms with Crippen molar-refractivity contribution in [3.05, 3.63) is 41.4 Å². The lowest BCUT2D eigenvalue weighted by Crippen LogP contribution is -2.49. The Balaban J connectivity index is 1.73.